The standard InChI is InChI=1S/C10H16O3/c1-2-10(12)13-7-9-5-3-4-8(9)6-11/h2,8-9,11H,1,3-7H2. The van der Waals surface area contributed by atoms with E-state index < -0.39 is 0 Å². The molecule has 1 rings (SSSR count). The summed E-state index contributed by atoms with van der Waals surface area (Å²) in [6.07, 6.45) is 4.40. The minimum Gasteiger partial charge on any atom is -0.462 e. The summed E-state index contributed by atoms with van der Waals surface area (Å²) >= 11 is 0. The van der Waals surface area contributed by atoms with Crippen LogP contribution in [0.3, 0.4) is 0 Å². The first kappa shape index (κ1) is 10.3. The van der Waals surface area contributed by atoms with Crippen LogP contribution in [-0.4, -0.2) is 24.3 Å². The molecule has 1 aliphatic rings. The highest BCUT2D eigenvalue weighted by atomic mass is 16.5. The number of hydrogen-bond donors (Lipinski definition) is 1. The Bertz CT molecular complexity index is 189. The molecule has 0 spiro atoms. The maximum atomic E-state index is 10.8. The molecule has 0 heterocycles. The molecule has 0 saturated heterocycles. The fraction of sp³-hybridized carbons (Fsp3) is 0.700. The average molecular weight is 184 g/mol. The Morgan fingerprint density at radius 3 is 2.85 bits per heavy atom. The van der Waals surface area contributed by atoms with Gasteiger partial charge in [-0.2, -0.15) is 0 Å². The molecule has 2 atom stereocenters. The summed E-state index contributed by atoms with van der Waals surface area (Å²) in [5.74, 6) is 0.287. The Morgan fingerprint density at radius 2 is 2.23 bits per heavy atom. The van der Waals surface area contributed by atoms with Crippen LogP contribution in [0.4, 0.5) is 0 Å². The first-order valence-corrected chi connectivity index (χ1v) is 4.68. The smallest absolute Gasteiger partial charge is 0.330 e. The van der Waals surface area contributed by atoms with Crippen molar-refractivity contribution in [1.82, 2.24) is 0 Å². The number of aliphatic hydroxyl groups excluding tert-OH is 1. The van der Waals surface area contributed by atoms with E-state index >= 15 is 0 Å². The molecule has 1 fully saturated rings. The first-order valence-electron chi connectivity index (χ1n) is 4.68. The fourth-order valence-electron chi connectivity index (χ4n) is 1.82. The van der Waals surface area contributed by atoms with Gasteiger partial charge >= 0.3 is 5.97 Å². The normalized spacial score (nSPS) is 27.2. The zero-order valence-corrected chi connectivity index (χ0v) is 7.74. The topological polar surface area (TPSA) is 46.5 Å². The highest BCUT2D eigenvalue weighted by molar-refractivity contribution is 5.81. The van der Waals surface area contributed by atoms with E-state index in [1.165, 1.54) is 6.08 Å². The molecule has 1 aliphatic carbocycles. The van der Waals surface area contributed by atoms with E-state index in [2.05, 4.69) is 6.58 Å². The molecular formula is C10H16O3. The number of aliphatic hydroxyl groups is 1. The summed E-state index contributed by atoms with van der Waals surface area (Å²) in [7, 11) is 0. The van der Waals surface area contributed by atoms with Crippen molar-refractivity contribution >= 4 is 5.97 Å². The molecule has 1 saturated carbocycles. The minimum atomic E-state index is -0.372. The summed E-state index contributed by atoms with van der Waals surface area (Å²) in [5.41, 5.74) is 0. The Morgan fingerprint density at radius 1 is 1.54 bits per heavy atom. The molecule has 74 valence electrons. The van der Waals surface area contributed by atoms with Crippen molar-refractivity contribution in [3.8, 4) is 0 Å². The maximum absolute atomic E-state index is 10.8. The van der Waals surface area contributed by atoms with Crippen LogP contribution in [0.5, 0.6) is 0 Å². The Kier molecular flexibility index (Phi) is 3.96. The average Bonchev–Trinajstić information content (AvgIpc) is 2.61. The molecule has 0 radical (unpaired) electrons. The van der Waals surface area contributed by atoms with E-state index in [1.807, 2.05) is 0 Å². The maximum Gasteiger partial charge on any atom is 0.330 e. The number of esters is 1. The fourth-order valence-corrected chi connectivity index (χ4v) is 1.82. The van der Waals surface area contributed by atoms with Crippen molar-refractivity contribution in [3.63, 3.8) is 0 Å². The van der Waals surface area contributed by atoms with Gasteiger partial charge in [-0.15, -0.1) is 0 Å². The Balaban J connectivity index is 2.27. The molecule has 0 aliphatic heterocycles. The summed E-state index contributed by atoms with van der Waals surface area (Å²) < 4.78 is 4.94. The van der Waals surface area contributed by atoms with Crippen LogP contribution in [0.15, 0.2) is 12.7 Å². The van der Waals surface area contributed by atoms with Gasteiger partial charge in [0.25, 0.3) is 0 Å². The molecule has 2 unspecified atom stereocenters. The molecule has 3 nitrogen and oxygen atoms in total. The van der Waals surface area contributed by atoms with Gasteiger partial charge in [-0.3, -0.25) is 0 Å². The van der Waals surface area contributed by atoms with Crippen molar-refractivity contribution in [2.75, 3.05) is 13.2 Å². The van der Waals surface area contributed by atoms with Crippen molar-refractivity contribution in [1.29, 1.82) is 0 Å². The van der Waals surface area contributed by atoms with Gasteiger partial charge in [0.2, 0.25) is 0 Å². The monoisotopic (exact) mass is 184 g/mol. The molecular weight excluding hydrogens is 168 g/mol. The van der Waals surface area contributed by atoms with Gasteiger partial charge in [-0.25, -0.2) is 4.79 Å². The van der Waals surface area contributed by atoms with E-state index in [0.29, 0.717) is 18.4 Å². The second-order valence-corrected chi connectivity index (χ2v) is 3.47. The van der Waals surface area contributed by atoms with Gasteiger partial charge in [0.05, 0.1) is 6.61 Å². The first-order chi connectivity index (χ1) is 6.27. The Hall–Kier alpha value is -0.830. The Labute approximate surface area is 78.4 Å². The second-order valence-electron chi connectivity index (χ2n) is 3.47. The van der Waals surface area contributed by atoms with E-state index in [4.69, 9.17) is 9.84 Å². The van der Waals surface area contributed by atoms with Crippen LogP contribution < -0.4 is 0 Å². The van der Waals surface area contributed by atoms with Crippen LogP contribution in [-0.2, 0) is 9.53 Å². The van der Waals surface area contributed by atoms with Crippen LogP contribution in [0.2, 0.25) is 0 Å². The predicted molar refractivity (Wildman–Crippen MR) is 49.1 cm³/mol. The quantitative estimate of drug-likeness (QED) is 0.526. The van der Waals surface area contributed by atoms with E-state index in [0.717, 1.165) is 19.3 Å². The van der Waals surface area contributed by atoms with Gasteiger partial charge in [0.15, 0.2) is 0 Å². The molecule has 0 aromatic carbocycles. The summed E-state index contributed by atoms with van der Waals surface area (Å²) in [4.78, 5) is 10.8. The lowest BCUT2D eigenvalue weighted by molar-refractivity contribution is -0.139. The van der Waals surface area contributed by atoms with Gasteiger partial charge in [0, 0.05) is 12.7 Å². The van der Waals surface area contributed by atoms with Gasteiger partial charge in [-0.05, 0) is 24.7 Å². The van der Waals surface area contributed by atoms with Gasteiger partial charge < -0.3 is 9.84 Å². The zero-order chi connectivity index (χ0) is 9.68. The van der Waals surface area contributed by atoms with Crippen LogP contribution in [0, 0.1) is 11.8 Å². The highest BCUT2D eigenvalue weighted by Gasteiger charge is 2.27. The van der Waals surface area contributed by atoms with Crippen molar-refractivity contribution in [3.05, 3.63) is 12.7 Å². The van der Waals surface area contributed by atoms with Crippen molar-refractivity contribution < 1.29 is 14.6 Å². The molecule has 0 bridgehead atoms. The van der Waals surface area contributed by atoms with Crippen molar-refractivity contribution in [2.45, 2.75) is 19.3 Å². The SMILES string of the molecule is C=CC(=O)OCC1CCCC1CO. The lowest BCUT2D eigenvalue weighted by Crippen LogP contribution is -2.19. The summed E-state index contributed by atoms with van der Waals surface area (Å²) in [5, 5.41) is 9.00. The molecule has 13 heavy (non-hydrogen) atoms. The second kappa shape index (κ2) is 5.02. The van der Waals surface area contributed by atoms with Gasteiger partial charge in [0.1, 0.15) is 0 Å². The molecule has 0 aromatic heterocycles. The van der Waals surface area contributed by atoms with Crippen LogP contribution >= 0.6 is 0 Å². The van der Waals surface area contributed by atoms with Crippen LogP contribution in [0.25, 0.3) is 0 Å². The highest BCUT2D eigenvalue weighted by Crippen LogP contribution is 2.31. The summed E-state index contributed by atoms with van der Waals surface area (Å²) in [6.45, 7) is 3.95. The number of hydrogen-bond acceptors (Lipinski definition) is 3. The number of ether oxygens (including phenoxy) is 1. The molecule has 1 N–H and O–H groups in total. The van der Waals surface area contributed by atoms with Crippen molar-refractivity contribution in [2.24, 2.45) is 11.8 Å². The van der Waals surface area contributed by atoms with Gasteiger partial charge in [-0.1, -0.05) is 13.0 Å². The molecule has 0 amide bonds. The predicted octanol–water partition coefficient (Wildman–Crippen LogP) is 1.12. The van der Waals surface area contributed by atoms with E-state index in [-0.39, 0.29) is 12.6 Å². The third kappa shape index (κ3) is 2.84. The van der Waals surface area contributed by atoms with Crippen LogP contribution in [0.1, 0.15) is 19.3 Å². The molecule has 0 aromatic rings. The lowest BCUT2D eigenvalue weighted by atomic mass is 9.98. The third-order valence-electron chi connectivity index (χ3n) is 2.66. The van der Waals surface area contributed by atoms with E-state index in [1.54, 1.807) is 0 Å². The largest absolute Gasteiger partial charge is 0.462 e. The minimum absolute atomic E-state index is 0.205. The third-order valence-corrected chi connectivity index (χ3v) is 2.66. The number of carbonyl (C=O) groups is 1. The van der Waals surface area contributed by atoms with E-state index in [9.17, 15) is 4.79 Å². The zero-order valence-electron chi connectivity index (χ0n) is 7.74. The lowest BCUT2D eigenvalue weighted by Gasteiger charge is -2.16. The number of carbonyl (C=O) groups excluding carboxylic acids is 1. The summed E-state index contributed by atoms with van der Waals surface area (Å²) in [6, 6.07) is 0. The molecule has 3 heteroatoms. The number of rotatable bonds is 4.